The van der Waals surface area contributed by atoms with E-state index in [1.807, 2.05) is 12.3 Å². The van der Waals surface area contributed by atoms with Gasteiger partial charge in [-0.1, -0.05) is 5.16 Å². The number of aliphatic hydroxyl groups is 1. The number of nitrogens with one attached hydrogen (secondary N) is 2. The fourth-order valence-electron chi connectivity index (χ4n) is 2.77. The molecule has 27 heavy (non-hydrogen) atoms. The fourth-order valence-corrected chi connectivity index (χ4v) is 3.38. The molecule has 0 saturated heterocycles. The second kappa shape index (κ2) is 9.78. The number of hydrogen-bond acceptors (Lipinski definition) is 8. The van der Waals surface area contributed by atoms with Gasteiger partial charge in [-0.05, 0) is 19.8 Å². The number of aryl methyl sites for hydroxylation is 1. The van der Waals surface area contributed by atoms with Crippen molar-refractivity contribution in [2.75, 3.05) is 0 Å². The van der Waals surface area contributed by atoms with Crippen molar-refractivity contribution >= 4 is 29.6 Å². The maximum atomic E-state index is 12.2. The Bertz CT molecular complexity index is 763. The van der Waals surface area contributed by atoms with Crippen LogP contribution in [0.3, 0.4) is 0 Å². The van der Waals surface area contributed by atoms with Crippen molar-refractivity contribution in [2.24, 2.45) is 5.92 Å². The van der Waals surface area contributed by atoms with E-state index in [9.17, 15) is 14.7 Å². The van der Waals surface area contributed by atoms with Gasteiger partial charge in [0.1, 0.15) is 0 Å². The highest BCUT2D eigenvalue weighted by atomic mass is 32.1. The van der Waals surface area contributed by atoms with Gasteiger partial charge >= 0.3 is 0 Å². The van der Waals surface area contributed by atoms with Crippen LogP contribution in [0.4, 0.5) is 0 Å². The number of carbonyl (C=O) groups is 3. The number of carboxylic acid groups (broad SMARTS) is 1. The van der Waals surface area contributed by atoms with Gasteiger partial charge in [0.15, 0.2) is 0 Å². The lowest BCUT2D eigenvalue weighted by atomic mass is 10.1. The summed E-state index contributed by atoms with van der Waals surface area (Å²) in [6.45, 7) is 2.02. The molecule has 0 spiro atoms. The van der Waals surface area contributed by atoms with Gasteiger partial charge in [-0.3, -0.25) is 14.4 Å². The largest absolute Gasteiger partial charge is 0.483 e. The van der Waals surface area contributed by atoms with Crippen LogP contribution in [0, 0.1) is 12.8 Å². The van der Waals surface area contributed by atoms with Crippen LogP contribution in [0.2, 0.25) is 0 Å². The lowest BCUT2D eigenvalue weighted by Crippen LogP contribution is -2.40. The fraction of sp³-hybridized carbons (Fsp3) is 0.438. The Labute approximate surface area is 158 Å². The van der Waals surface area contributed by atoms with E-state index in [2.05, 4.69) is 20.8 Å². The van der Waals surface area contributed by atoms with Crippen molar-refractivity contribution in [3.8, 4) is 0 Å². The van der Waals surface area contributed by atoms with Gasteiger partial charge < -0.3 is 25.4 Å². The Kier molecular flexibility index (Phi) is 7.44. The predicted octanol–water partition coefficient (Wildman–Crippen LogP) is 0.326. The van der Waals surface area contributed by atoms with Crippen molar-refractivity contribution in [3.63, 3.8) is 0 Å². The highest BCUT2D eigenvalue weighted by Crippen LogP contribution is 2.26. The highest BCUT2D eigenvalue weighted by molar-refractivity contribution is 7.09. The summed E-state index contributed by atoms with van der Waals surface area (Å²) >= 11 is 1.53. The molecule has 0 aromatic carbocycles. The predicted molar refractivity (Wildman–Crippen MR) is 93.9 cm³/mol. The summed E-state index contributed by atoms with van der Waals surface area (Å²) < 4.78 is 4.78. The molecule has 2 aromatic heterocycles. The lowest BCUT2D eigenvalue weighted by molar-refractivity contribution is -0.125. The molecular formula is C16H20N4O6S. The minimum Gasteiger partial charge on any atom is -0.483 e. The van der Waals surface area contributed by atoms with Gasteiger partial charge in [0, 0.05) is 17.4 Å². The van der Waals surface area contributed by atoms with Gasteiger partial charge in [0.25, 0.3) is 12.4 Å². The second-order valence-corrected chi connectivity index (χ2v) is 6.94. The molecule has 0 bridgehead atoms. The summed E-state index contributed by atoms with van der Waals surface area (Å²) in [6.07, 6.45) is 1.29. The number of carbonyl (C=O) groups excluding carboxylic acids is 2. The standard InChI is InChI=1S/C15H18N4O4S.CH2O2/c1-8-18-10(7-24-8)6-16-14(21)9-4-11(12(20)5-9)19-15(22)13-2-3-17-23-13;2-1-3/h2-3,7,9,11-12,20H,4-6H2,1H3,(H,16,21)(H,19,22);1H,(H,2,3)/t9-,11+,12+;/m0./s1. The minimum atomic E-state index is -0.769. The molecule has 2 amide bonds. The smallest absolute Gasteiger partial charge is 0.290 e. The maximum Gasteiger partial charge on any atom is 0.290 e. The zero-order chi connectivity index (χ0) is 19.8. The average Bonchev–Trinajstić information content (AvgIpc) is 3.36. The summed E-state index contributed by atoms with van der Waals surface area (Å²) in [6, 6.07) is 0.955. The van der Waals surface area contributed by atoms with Gasteiger partial charge in [0.05, 0.1) is 35.6 Å². The van der Waals surface area contributed by atoms with Crippen molar-refractivity contribution in [2.45, 2.75) is 38.5 Å². The Morgan fingerprint density at radius 1 is 1.44 bits per heavy atom. The quantitative estimate of drug-likeness (QED) is 0.527. The van der Waals surface area contributed by atoms with E-state index >= 15 is 0 Å². The monoisotopic (exact) mass is 396 g/mol. The number of rotatable bonds is 5. The van der Waals surface area contributed by atoms with Crippen molar-refractivity contribution in [1.82, 2.24) is 20.8 Å². The molecule has 1 fully saturated rings. The Balaban J connectivity index is 0.000000817. The van der Waals surface area contributed by atoms with Crippen LogP contribution in [-0.4, -0.2) is 50.8 Å². The molecule has 4 N–H and O–H groups in total. The normalized spacial score (nSPS) is 21.0. The SMILES string of the molecule is Cc1nc(CNC(=O)[C@@H]2C[C@@H](O)[C@H](NC(=O)c3ccno3)C2)cs1.O=CO. The average molecular weight is 396 g/mol. The summed E-state index contributed by atoms with van der Waals surface area (Å²) in [5, 5.41) is 28.8. The van der Waals surface area contributed by atoms with Gasteiger partial charge in [-0.2, -0.15) is 0 Å². The third-order valence-corrected chi connectivity index (χ3v) is 4.81. The van der Waals surface area contributed by atoms with Crippen LogP contribution in [0.1, 0.15) is 34.1 Å². The van der Waals surface area contributed by atoms with Crippen LogP contribution in [0.5, 0.6) is 0 Å². The van der Waals surface area contributed by atoms with E-state index < -0.39 is 18.1 Å². The van der Waals surface area contributed by atoms with Crippen LogP contribution in [0.25, 0.3) is 0 Å². The third kappa shape index (κ3) is 5.86. The molecule has 146 valence electrons. The zero-order valence-corrected chi connectivity index (χ0v) is 15.3. The summed E-state index contributed by atoms with van der Waals surface area (Å²) in [4.78, 5) is 36.8. The molecule has 10 nitrogen and oxygen atoms in total. The highest BCUT2D eigenvalue weighted by Gasteiger charge is 2.38. The first-order valence-electron chi connectivity index (χ1n) is 8.10. The molecule has 1 aliphatic carbocycles. The summed E-state index contributed by atoms with van der Waals surface area (Å²) in [5.74, 6) is -0.861. The summed E-state index contributed by atoms with van der Waals surface area (Å²) in [7, 11) is 0. The van der Waals surface area contributed by atoms with Gasteiger partial charge in [-0.15, -0.1) is 11.3 Å². The van der Waals surface area contributed by atoms with E-state index in [1.165, 1.54) is 23.6 Å². The second-order valence-electron chi connectivity index (χ2n) is 5.87. The van der Waals surface area contributed by atoms with Crippen LogP contribution in [0.15, 0.2) is 22.2 Å². The zero-order valence-electron chi connectivity index (χ0n) is 14.5. The van der Waals surface area contributed by atoms with Crippen molar-refractivity contribution < 1.29 is 29.1 Å². The molecular weight excluding hydrogens is 376 g/mol. The molecule has 2 aromatic rings. The Morgan fingerprint density at radius 2 is 2.19 bits per heavy atom. The van der Waals surface area contributed by atoms with E-state index in [-0.39, 0.29) is 24.1 Å². The van der Waals surface area contributed by atoms with E-state index in [1.54, 1.807) is 0 Å². The van der Waals surface area contributed by atoms with Crippen LogP contribution in [-0.2, 0) is 16.1 Å². The topological polar surface area (TPSA) is 155 Å². The number of aliphatic hydroxyl groups excluding tert-OH is 1. The van der Waals surface area contributed by atoms with Crippen LogP contribution >= 0.6 is 11.3 Å². The first-order chi connectivity index (χ1) is 12.9. The molecule has 1 saturated carbocycles. The molecule has 11 heteroatoms. The molecule has 3 rings (SSSR count). The van der Waals surface area contributed by atoms with E-state index in [0.717, 1.165) is 10.7 Å². The number of hydrogen-bond donors (Lipinski definition) is 4. The first kappa shape index (κ1) is 20.5. The third-order valence-electron chi connectivity index (χ3n) is 3.99. The first-order valence-corrected chi connectivity index (χ1v) is 8.98. The number of amides is 2. The number of nitrogens with zero attached hydrogens (tertiary/aromatic N) is 2. The number of aromatic nitrogens is 2. The van der Waals surface area contributed by atoms with E-state index in [0.29, 0.717) is 19.4 Å². The van der Waals surface area contributed by atoms with Gasteiger partial charge in [0.2, 0.25) is 11.7 Å². The lowest BCUT2D eigenvalue weighted by Gasteiger charge is -2.15. The molecule has 3 atom stereocenters. The number of thiazole rings is 1. The Morgan fingerprint density at radius 3 is 2.78 bits per heavy atom. The minimum absolute atomic E-state index is 0.0778. The molecule has 0 radical (unpaired) electrons. The molecule has 0 unspecified atom stereocenters. The van der Waals surface area contributed by atoms with Crippen molar-refractivity contribution in [1.29, 1.82) is 0 Å². The maximum absolute atomic E-state index is 12.2. The van der Waals surface area contributed by atoms with E-state index in [4.69, 9.17) is 14.4 Å². The molecule has 0 aliphatic heterocycles. The summed E-state index contributed by atoms with van der Waals surface area (Å²) in [5.41, 5.74) is 0.819. The van der Waals surface area contributed by atoms with Gasteiger partial charge in [-0.25, -0.2) is 4.98 Å². The Hall–Kier alpha value is -2.79. The van der Waals surface area contributed by atoms with Crippen LogP contribution < -0.4 is 10.6 Å². The molecule has 2 heterocycles. The molecule has 1 aliphatic rings. The van der Waals surface area contributed by atoms with Crippen molar-refractivity contribution in [3.05, 3.63) is 34.1 Å².